The number of nitrogens with zero attached hydrogens (tertiary/aromatic N) is 3. The van der Waals surface area contributed by atoms with E-state index in [1.165, 1.54) is 5.56 Å². The molecule has 0 saturated carbocycles. The molecule has 1 aromatic heterocycles. The van der Waals surface area contributed by atoms with E-state index in [4.69, 9.17) is 9.47 Å². The van der Waals surface area contributed by atoms with Gasteiger partial charge in [0.25, 0.3) is 0 Å². The molecule has 24 heavy (non-hydrogen) atoms. The zero-order valence-electron chi connectivity index (χ0n) is 14.6. The molecule has 3 heterocycles. The molecule has 2 aliphatic heterocycles. The number of likely N-dealkylation sites (N-methyl/N-ethyl adjacent to an activating group) is 1. The van der Waals surface area contributed by atoms with Crippen LogP contribution in [0.5, 0.6) is 0 Å². The Morgan fingerprint density at radius 3 is 2.88 bits per heavy atom. The first-order valence-corrected chi connectivity index (χ1v) is 8.70. The molecule has 0 aliphatic carbocycles. The summed E-state index contributed by atoms with van der Waals surface area (Å²) in [4.78, 5) is 19.7. The quantitative estimate of drug-likeness (QED) is 0.786. The Hall–Kier alpha value is -1.50. The van der Waals surface area contributed by atoms with E-state index >= 15 is 0 Å². The molecule has 1 unspecified atom stereocenters. The van der Waals surface area contributed by atoms with Gasteiger partial charge in [0, 0.05) is 45.6 Å². The molecule has 3 atom stereocenters. The normalized spacial score (nSPS) is 27.0. The van der Waals surface area contributed by atoms with Crippen LogP contribution in [0.2, 0.25) is 0 Å². The molecule has 0 radical (unpaired) electrons. The number of rotatable bonds is 6. The van der Waals surface area contributed by atoms with Gasteiger partial charge in [-0.3, -0.25) is 14.7 Å². The van der Waals surface area contributed by atoms with Crippen molar-refractivity contribution in [3.05, 3.63) is 30.1 Å². The van der Waals surface area contributed by atoms with Gasteiger partial charge < -0.3 is 14.4 Å². The van der Waals surface area contributed by atoms with Crippen molar-refractivity contribution < 1.29 is 14.3 Å². The van der Waals surface area contributed by atoms with Crippen molar-refractivity contribution in [2.75, 3.05) is 33.9 Å². The summed E-state index contributed by atoms with van der Waals surface area (Å²) in [5.41, 5.74) is 1.30. The fourth-order valence-corrected chi connectivity index (χ4v) is 3.53. The third-order valence-electron chi connectivity index (χ3n) is 4.91. The fourth-order valence-electron chi connectivity index (χ4n) is 3.53. The van der Waals surface area contributed by atoms with Gasteiger partial charge >= 0.3 is 0 Å². The van der Waals surface area contributed by atoms with Gasteiger partial charge in [0.2, 0.25) is 5.91 Å². The van der Waals surface area contributed by atoms with Crippen molar-refractivity contribution in [2.45, 2.75) is 44.1 Å². The highest BCUT2D eigenvalue weighted by Crippen LogP contribution is 2.32. The molecule has 1 amide bonds. The maximum atomic E-state index is 11.5. The predicted octanol–water partition coefficient (Wildman–Crippen LogP) is 1.31. The number of amides is 1. The van der Waals surface area contributed by atoms with E-state index in [2.05, 4.69) is 22.0 Å². The number of likely N-dealkylation sites (tertiary alicyclic amines) is 1. The Balaban J connectivity index is 1.44. The predicted molar refractivity (Wildman–Crippen MR) is 90.5 cm³/mol. The number of carbonyl (C=O) groups is 1. The van der Waals surface area contributed by atoms with E-state index in [1.54, 1.807) is 19.0 Å². The Bertz CT molecular complexity index is 538. The largest absolute Gasteiger partial charge is 0.371 e. The number of hydrogen-bond acceptors (Lipinski definition) is 5. The second-order valence-corrected chi connectivity index (χ2v) is 6.86. The summed E-state index contributed by atoms with van der Waals surface area (Å²) in [6.07, 6.45) is 7.30. The highest BCUT2D eigenvalue weighted by Gasteiger charge is 2.39. The van der Waals surface area contributed by atoms with Gasteiger partial charge in [-0.1, -0.05) is 0 Å². The second kappa shape index (κ2) is 8.05. The lowest BCUT2D eigenvalue weighted by molar-refractivity contribution is -0.138. The Morgan fingerprint density at radius 2 is 2.12 bits per heavy atom. The van der Waals surface area contributed by atoms with Crippen LogP contribution in [0.1, 0.15) is 24.8 Å². The van der Waals surface area contributed by atoms with E-state index in [9.17, 15) is 4.79 Å². The molecule has 0 aromatic carbocycles. The average molecular weight is 333 g/mol. The van der Waals surface area contributed by atoms with E-state index < -0.39 is 0 Å². The second-order valence-electron chi connectivity index (χ2n) is 6.86. The lowest BCUT2D eigenvalue weighted by Gasteiger charge is -2.36. The van der Waals surface area contributed by atoms with Crippen LogP contribution >= 0.6 is 0 Å². The highest BCUT2D eigenvalue weighted by molar-refractivity contribution is 5.76. The standard InChI is InChI=1S/C18H27N3O3/c1-20(2)18(22)13-23-12-15-3-4-16-17(24-15)7-10-21(16)11-14-5-8-19-9-6-14/h5-6,8-9,15-17H,3-4,7,10-13H2,1-2H3/t15?,16-,17-/m0/s1. The van der Waals surface area contributed by atoms with Gasteiger partial charge in [0.1, 0.15) is 6.61 Å². The summed E-state index contributed by atoms with van der Waals surface area (Å²) >= 11 is 0. The smallest absolute Gasteiger partial charge is 0.248 e. The van der Waals surface area contributed by atoms with Crippen molar-refractivity contribution in [2.24, 2.45) is 0 Å². The zero-order valence-corrected chi connectivity index (χ0v) is 14.6. The van der Waals surface area contributed by atoms with Crippen LogP contribution in [0.4, 0.5) is 0 Å². The highest BCUT2D eigenvalue weighted by atomic mass is 16.5. The number of hydrogen-bond donors (Lipinski definition) is 0. The molecule has 6 heteroatoms. The minimum atomic E-state index is -0.00641. The average Bonchev–Trinajstić information content (AvgIpc) is 2.98. The molecule has 2 fully saturated rings. The van der Waals surface area contributed by atoms with Gasteiger partial charge in [0.05, 0.1) is 18.8 Å². The lowest BCUT2D eigenvalue weighted by Crippen LogP contribution is -2.43. The molecule has 6 nitrogen and oxygen atoms in total. The maximum Gasteiger partial charge on any atom is 0.248 e. The minimum Gasteiger partial charge on any atom is -0.371 e. The molecular formula is C18H27N3O3. The Morgan fingerprint density at radius 1 is 1.33 bits per heavy atom. The van der Waals surface area contributed by atoms with Crippen molar-refractivity contribution in [3.63, 3.8) is 0 Å². The van der Waals surface area contributed by atoms with Gasteiger partial charge in [0.15, 0.2) is 0 Å². The number of ether oxygens (including phenoxy) is 2. The lowest BCUT2D eigenvalue weighted by atomic mass is 9.99. The summed E-state index contributed by atoms with van der Waals surface area (Å²) in [5, 5.41) is 0. The summed E-state index contributed by atoms with van der Waals surface area (Å²) in [6.45, 7) is 2.68. The van der Waals surface area contributed by atoms with Crippen LogP contribution in [0.25, 0.3) is 0 Å². The summed E-state index contributed by atoms with van der Waals surface area (Å²) in [5.74, 6) is -0.00641. The molecule has 1 aromatic rings. The van der Waals surface area contributed by atoms with Crippen LogP contribution < -0.4 is 0 Å². The Kier molecular flexibility index (Phi) is 5.81. The third-order valence-corrected chi connectivity index (χ3v) is 4.91. The summed E-state index contributed by atoms with van der Waals surface area (Å²) in [6, 6.07) is 4.66. The molecule has 0 N–H and O–H groups in total. The third kappa shape index (κ3) is 4.32. The van der Waals surface area contributed by atoms with E-state index in [0.717, 1.165) is 32.4 Å². The number of fused-ring (bicyclic) bond motifs is 1. The van der Waals surface area contributed by atoms with Crippen molar-refractivity contribution in [1.29, 1.82) is 0 Å². The Labute approximate surface area is 143 Å². The number of aromatic nitrogens is 1. The van der Waals surface area contributed by atoms with Gasteiger partial charge in [-0.25, -0.2) is 0 Å². The van der Waals surface area contributed by atoms with Crippen molar-refractivity contribution in [1.82, 2.24) is 14.8 Å². The molecular weight excluding hydrogens is 306 g/mol. The van der Waals surface area contributed by atoms with Crippen molar-refractivity contribution in [3.8, 4) is 0 Å². The first-order valence-electron chi connectivity index (χ1n) is 8.70. The molecule has 0 spiro atoms. The van der Waals surface area contributed by atoms with E-state index in [1.807, 2.05) is 12.4 Å². The van der Waals surface area contributed by atoms with Gasteiger partial charge in [-0.15, -0.1) is 0 Å². The van der Waals surface area contributed by atoms with E-state index in [-0.39, 0.29) is 18.6 Å². The van der Waals surface area contributed by atoms with Crippen LogP contribution in [0.3, 0.4) is 0 Å². The number of carbonyl (C=O) groups excluding carboxylic acids is 1. The first kappa shape index (κ1) is 17.3. The van der Waals surface area contributed by atoms with Crippen molar-refractivity contribution >= 4 is 5.91 Å². The minimum absolute atomic E-state index is 0.00641. The maximum absolute atomic E-state index is 11.5. The van der Waals surface area contributed by atoms with E-state index in [0.29, 0.717) is 18.8 Å². The van der Waals surface area contributed by atoms with Gasteiger partial charge in [-0.2, -0.15) is 0 Å². The molecule has 0 bridgehead atoms. The topological polar surface area (TPSA) is 54.9 Å². The molecule has 132 valence electrons. The van der Waals surface area contributed by atoms with Crippen LogP contribution in [0, 0.1) is 0 Å². The molecule has 2 aliphatic rings. The van der Waals surface area contributed by atoms with Crippen LogP contribution in [-0.4, -0.2) is 72.8 Å². The molecule has 2 saturated heterocycles. The first-order chi connectivity index (χ1) is 11.6. The SMILES string of the molecule is CN(C)C(=O)COCC1CC[C@H]2[C@H](CCN2Cc2ccncc2)O1. The molecule has 3 rings (SSSR count). The zero-order chi connectivity index (χ0) is 16.9. The van der Waals surface area contributed by atoms with Gasteiger partial charge in [-0.05, 0) is 37.0 Å². The summed E-state index contributed by atoms with van der Waals surface area (Å²) < 4.78 is 11.7. The number of pyridine rings is 1. The summed E-state index contributed by atoms with van der Waals surface area (Å²) in [7, 11) is 3.48. The van der Waals surface area contributed by atoms with Crippen LogP contribution in [0.15, 0.2) is 24.5 Å². The fraction of sp³-hybridized carbons (Fsp3) is 0.667. The van der Waals surface area contributed by atoms with Crippen LogP contribution in [-0.2, 0) is 20.8 Å². The monoisotopic (exact) mass is 333 g/mol.